The Morgan fingerprint density at radius 2 is 2.03 bits per heavy atom. The highest BCUT2D eigenvalue weighted by Crippen LogP contribution is 2.38. The lowest BCUT2D eigenvalue weighted by Gasteiger charge is -2.36. The second-order valence-electron chi connectivity index (χ2n) is 8.02. The molecule has 4 rings (SSSR count). The summed E-state index contributed by atoms with van der Waals surface area (Å²) < 4.78 is 5.09. The van der Waals surface area contributed by atoms with Gasteiger partial charge in [-0.1, -0.05) is 38.0 Å². The zero-order chi connectivity index (χ0) is 20.6. The first kappa shape index (κ1) is 19.4. The van der Waals surface area contributed by atoms with Crippen molar-refractivity contribution in [2.75, 3.05) is 24.6 Å². The standard InChI is InChI=1S/C21H25N3O5/c1-14-6-4-5-10-21(14)19(27)24(20(28)22-21)12-18(26)29-13-17(25)23-11-9-15-7-2-3-8-16(15)23/h2-3,7-8,14H,4-6,9-13H2,1H3,(H,22,28)/t14-,21-/m1/s1. The molecule has 154 valence electrons. The van der Waals surface area contributed by atoms with Gasteiger partial charge in [0.25, 0.3) is 11.8 Å². The number of hydrogen-bond donors (Lipinski definition) is 1. The highest BCUT2D eigenvalue weighted by Gasteiger charge is 2.55. The summed E-state index contributed by atoms with van der Waals surface area (Å²) in [6, 6.07) is 7.04. The van der Waals surface area contributed by atoms with Crippen molar-refractivity contribution in [3.8, 4) is 0 Å². The molecule has 8 heteroatoms. The molecule has 2 fully saturated rings. The summed E-state index contributed by atoms with van der Waals surface area (Å²) in [7, 11) is 0. The lowest BCUT2D eigenvalue weighted by molar-refractivity contribution is -0.151. The number of fused-ring (bicyclic) bond motifs is 1. The molecular formula is C21H25N3O5. The normalized spacial score (nSPS) is 25.9. The van der Waals surface area contributed by atoms with E-state index < -0.39 is 30.7 Å². The number of nitrogens with one attached hydrogen (secondary N) is 1. The summed E-state index contributed by atoms with van der Waals surface area (Å²) >= 11 is 0. The van der Waals surface area contributed by atoms with Crippen LogP contribution in [0.25, 0.3) is 0 Å². The monoisotopic (exact) mass is 399 g/mol. The van der Waals surface area contributed by atoms with Crippen LogP contribution in [-0.2, 0) is 25.5 Å². The summed E-state index contributed by atoms with van der Waals surface area (Å²) in [5, 5.41) is 2.80. The van der Waals surface area contributed by atoms with Crippen LogP contribution in [-0.4, -0.2) is 54.0 Å². The Bertz CT molecular complexity index is 870. The van der Waals surface area contributed by atoms with Crippen LogP contribution in [0.3, 0.4) is 0 Å². The minimum absolute atomic E-state index is 0.0190. The molecule has 29 heavy (non-hydrogen) atoms. The molecule has 1 aromatic rings. The van der Waals surface area contributed by atoms with E-state index in [0.717, 1.165) is 41.8 Å². The van der Waals surface area contributed by atoms with Crippen molar-refractivity contribution >= 4 is 29.5 Å². The van der Waals surface area contributed by atoms with Gasteiger partial charge in [-0.3, -0.25) is 19.3 Å². The van der Waals surface area contributed by atoms with Crippen molar-refractivity contribution in [3.63, 3.8) is 0 Å². The first-order valence-corrected chi connectivity index (χ1v) is 10.1. The van der Waals surface area contributed by atoms with Gasteiger partial charge in [-0.15, -0.1) is 0 Å². The minimum atomic E-state index is -0.912. The molecule has 0 bridgehead atoms. The van der Waals surface area contributed by atoms with Crippen molar-refractivity contribution in [1.29, 1.82) is 0 Å². The fourth-order valence-corrected chi connectivity index (χ4v) is 4.63. The molecule has 2 aliphatic heterocycles. The second-order valence-corrected chi connectivity index (χ2v) is 8.02. The Morgan fingerprint density at radius 1 is 1.24 bits per heavy atom. The molecule has 8 nitrogen and oxygen atoms in total. The predicted octanol–water partition coefficient (Wildman–Crippen LogP) is 1.62. The fraction of sp³-hybridized carbons (Fsp3) is 0.524. The van der Waals surface area contributed by atoms with Gasteiger partial charge in [0.1, 0.15) is 12.1 Å². The van der Waals surface area contributed by atoms with Crippen molar-refractivity contribution in [3.05, 3.63) is 29.8 Å². The van der Waals surface area contributed by atoms with E-state index in [1.807, 2.05) is 31.2 Å². The average molecular weight is 399 g/mol. The maximum Gasteiger partial charge on any atom is 0.326 e. The summed E-state index contributed by atoms with van der Waals surface area (Å²) in [6.45, 7) is 1.59. The van der Waals surface area contributed by atoms with Crippen LogP contribution >= 0.6 is 0 Å². The van der Waals surface area contributed by atoms with Gasteiger partial charge in [0, 0.05) is 12.2 Å². The number of benzene rings is 1. The number of hydrogen-bond acceptors (Lipinski definition) is 5. The Balaban J connectivity index is 1.34. The highest BCUT2D eigenvalue weighted by atomic mass is 16.5. The molecular weight excluding hydrogens is 374 g/mol. The second kappa shape index (κ2) is 7.50. The highest BCUT2D eigenvalue weighted by molar-refractivity contribution is 6.09. The molecule has 1 saturated carbocycles. The number of amides is 4. The molecule has 3 aliphatic rings. The van der Waals surface area contributed by atoms with Crippen LogP contribution in [0.2, 0.25) is 0 Å². The zero-order valence-electron chi connectivity index (χ0n) is 16.5. The van der Waals surface area contributed by atoms with E-state index >= 15 is 0 Å². The molecule has 0 radical (unpaired) electrons. The third-order valence-corrected chi connectivity index (χ3v) is 6.33. The van der Waals surface area contributed by atoms with Gasteiger partial charge in [0.15, 0.2) is 6.61 Å². The minimum Gasteiger partial charge on any atom is -0.454 e. The third kappa shape index (κ3) is 3.36. The van der Waals surface area contributed by atoms with Crippen molar-refractivity contribution < 1.29 is 23.9 Å². The van der Waals surface area contributed by atoms with Crippen LogP contribution in [0.1, 0.15) is 38.2 Å². The molecule has 4 amide bonds. The summed E-state index contributed by atoms with van der Waals surface area (Å²) in [5.41, 5.74) is 0.999. The van der Waals surface area contributed by atoms with E-state index in [9.17, 15) is 19.2 Å². The Hall–Kier alpha value is -2.90. The molecule has 2 heterocycles. The maximum atomic E-state index is 12.9. The van der Waals surface area contributed by atoms with Crippen LogP contribution in [0, 0.1) is 5.92 Å². The lowest BCUT2D eigenvalue weighted by atomic mass is 9.73. The molecule has 0 unspecified atom stereocenters. The van der Waals surface area contributed by atoms with E-state index in [0.29, 0.717) is 13.0 Å². The topological polar surface area (TPSA) is 96.0 Å². The van der Waals surface area contributed by atoms with Crippen LogP contribution in [0.4, 0.5) is 10.5 Å². The van der Waals surface area contributed by atoms with Gasteiger partial charge in [-0.25, -0.2) is 4.79 Å². The van der Waals surface area contributed by atoms with Gasteiger partial charge < -0.3 is 15.0 Å². The number of ether oxygens (including phenoxy) is 1. The number of urea groups is 1. The molecule has 2 atom stereocenters. The smallest absolute Gasteiger partial charge is 0.326 e. The number of anilines is 1. The van der Waals surface area contributed by atoms with Crippen LogP contribution < -0.4 is 10.2 Å². The SMILES string of the molecule is C[C@@H]1CCCC[C@@]12NC(=O)N(CC(=O)OCC(=O)N1CCc3ccccc31)C2=O. The van der Waals surface area contributed by atoms with E-state index in [4.69, 9.17) is 4.74 Å². The summed E-state index contributed by atoms with van der Waals surface area (Å²) in [6.07, 6.45) is 4.09. The first-order chi connectivity index (χ1) is 13.9. The molecule has 0 aromatic heterocycles. The van der Waals surface area contributed by atoms with E-state index in [2.05, 4.69) is 5.32 Å². The number of rotatable bonds is 4. The quantitative estimate of drug-likeness (QED) is 0.613. The van der Waals surface area contributed by atoms with Gasteiger partial charge in [-0.2, -0.15) is 0 Å². The summed E-state index contributed by atoms with van der Waals surface area (Å²) in [4.78, 5) is 52.4. The largest absolute Gasteiger partial charge is 0.454 e. The van der Waals surface area contributed by atoms with E-state index in [1.54, 1.807) is 4.90 Å². The Morgan fingerprint density at radius 3 is 2.83 bits per heavy atom. The average Bonchev–Trinajstić information content (AvgIpc) is 3.24. The number of carbonyl (C=O) groups excluding carboxylic acids is 4. The van der Waals surface area contributed by atoms with Gasteiger partial charge in [-0.05, 0) is 36.8 Å². The van der Waals surface area contributed by atoms with Crippen molar-refractivity contribution in [1.82, 2.24) is 10.2 Å². The molecule has 1 aliphatic carbocycles. The molecule has 1 saturated heterocycles. The first-order valence-electron chi connectivity index (χ1n) is 10.1. The predicted molar refractivity (Wildman–Crippen MR) is 104 cm³/mol. The Labute approximate surface area is 169 Å². The van der Waals surface area contributed by atoms with Gasteiger partial charge >= 0.3 is 12.0 Å². The number of imide groups is 1. The Kier molecular flexibility index (Phi) is 5.02. The van der Waals surface area contributed by atoms with Crippen LogP contribution in [0.15, 0.2) is 24.3 Å². The number of carbonyl (C=O) groups is 4. The zero-order valence-corrected chi connectivity index (χ0v) is 16.5. The van der Waals surface area contributed by atoms with Crippen molar-refractivity contribution in [2.24, 2.45) is 5.92 Å². The maximum absolute atomic E-state index is 12.9. The van der Waals surface area contributed by atoms with Gasteiger partial charge in [0.2, 0.25) is 0 Å². The van der Waals surface area contributed by atoms with E-state index in [1.165, 1.54) is 0 Å². The molecule has 1 N–H and O–H groups in total. The molecule has 1 spiro atoms. The van der Waals surface area contributed by atoms with Crippen LogP contribution in [0.5, 0.6) is 0 Å². The fourth-order valence-electron chi connectivity index (χ4n) is 4.63. The van der Waals surface area contributed by atoms with Crippen molar-refractivity contribution in [2.45, 2.75) is 44.6 Å². The number of nitrogens with zero attached hydrogens (tertiary/aromatic N) is 2. The van der Waals surface area contributed by atoms with Gasteiger partial charge in [0.05, 0.1) is 0 Å². The number of esters is 1. The third-order valence-electron chi connectivity index (χ3n) is 6.33. The number of para-hydroxylation sites is 1. The lowest BCUT2D eigenvalue weighted by Crippen LogP contribution is -2.54. The molecule has 1 aromatic carbocycles. The summed E-state index contributed by atoms with van der Waals surface area (Å²) in [5.74, 6) is -1.44. The van der Waals surface area contributed by atoms with E-state index in [-0.39, 0.29) is 17.7 Å².